The first-order valence-corrected chi connectivity index (χ1v) is 36.9. The van der Waals surface area contributed by atoms with Gasteiger partial charge in [-0.2, -0.15) is 0 Å². The molecule has 114 heavy (non-hydrogen) atoms. The molecular weight excluding hydrogens is 1460 g/mol. The average Bonchev–Trinajstić information content (AvgIpc) is 0.748. The summed E-state index contributed by atoms with van der Waals surface area (Å²) in [6.45, 7) is 15.4. The summed E-state index contributed by atoms with van der Waals surface area (Å²) in [5.74, 6) is -3.73. The van der Waals surface area contributed by atoms with E-state index in [4.69, 9.17) is 75.8 Å². The fourth-order valence-electron chi connectivity index (χ4n) is 14.8. The predicted octanol–water partition coefficient (Wildman–Crippen LogP) is 17.1. The highest BCUT2D eigenvalue weighted by atomic mass is 16.6. The molecule has 24 nitrogen and oxygen atoms in total. The zero-order chi connectivity index (χ0) is 83.5. The topological polar surface area (TPSA) is 284 Å². The maximum atomic E-state index is 16.5. The molecule has 0 heterocycles. The molecule has 7 atom stereocenters. The van der Waals surface area contributed by atoms with E-state index in [0.717, 1.165) is 0 Å². The van der Waals surface area contributed by atoms with Crippen molar-refractivity contribution in [2.45, 2.75) is 121 Å². The molecule has 0 aliphatic carbocycles. The maximum absolute atomic E-state index is 16.5. The molecule has 0 bridgehead atoms. The van der Waals surface area contributed by atoms with Crippen molar-refractivity contribution in [2.24, 2.45) is 43.3 Å². The van der Waals surface area contributed by atoms with Gasteiger partial charge in [0, 0.05) is 0 Å². The summed E-state index contributed by atoms with van der Waals surface area (Å²) in [5, 5.41) is 0. The standard InChI is InChI=1S/C90H102O24/c1-19-84(4,76(92)108-68-38-22-60(100-12)23-39-68)53-86(6,78(94)110-70-42-26-62(102-14)27-43-70)55-88(8,80(96)112-72-46-30-64(104-16)31-47-72)57-90(10,82(98)114-74-50-34-66(106-18)35-51-74)58-89(9,81(97)113-73-48-32-65(105-17)33-49-73)56-87(7,79(95)111-71-44-28-63(103-15)29-45-71)54-85(5,77(93)109-69-40-24-61(101-13)25-41-69)52-83(2,3)75(91)107-67-36-20-59(99-11)21-37-67/h20-51H,19,52-58H2,1-18H3. The zero-order valence-corrected chi connectivity index (χ0v) is 67.9. The van der Waals surface area contributed by atoms with Gasteiger partial charge in [-0.3, -0.25) is 38.4 Å². The Morgan fingerprint density at radius 3 is 0.439 bits per heavy atom. The second-order valence-electron chi connectivity index (χ2n) is 30.9. The Morgan fingerprint density at radius 1 is 0.184 bits per heavy atom. The summed E-state index contributed by atoms with van der Waals surface area (Å²) >= 11 is 0. The minimum absolute atomic E-state index is 0.00114. The number of hydrogen-bond donors (Lipinski definition) is 0. The van der Waals surface area contributed by atoms with Gasteiger partial charge in [-0.15, -0.1) is 0 Å². The van der Waals surface area contributed by atoms with E-state index in [0.29, 0.717) is 46.0 Å². The monoisotopic (exact) mass is 1570 g/mol. The summed E-state index contributed by atoms with van der Waals surface area (Å²) in [7, 11) is 11.7. The van der Waals surface area contributed by atoms with Crippen LogP contribution >= 0.6 is 0 Å². The molecule has 0 saturated carbocycles. The van der Waals surface area contributed by atoms with Crippen LogP contribution in [-0.4, -0.2) is 105 Å². The number of hydrogen-bond acceptors (Lipinski definition) is 24. The third-order valence-electron chi connectivity index (χ3n) is 20.5. The first-order valence-electron chi connectivity index (χ1n) is 36.9. The fraction of sp³-hybridized carbons (Fsp3) is 0.378. The molecule has 0 aliphatic rings. The van der Waals surface area contributed by atoms with Crippen molar-refractivity contribution in [3.63, 3.8) is 0 Å². The molecule has 606 valence electrons. The highest BCUT2D eigenvalue weighted by molar-refractivity contribution is 5.89. The molecule has 0 aromatic heterocycles. The maximum Gasteiger partial charge on any atom is 0.317 e. The molecule has 8 rings (SSSR count). The predicted molar refractivity (Wildman–Crippen MR) is 422 cm³/mol. The molecular formula is C90H102O24. The molecule has 0 fully saturated rings. The van der Waals surface area contributed by atoms with Gasteiger partial charge in [-0.1, -0.05) is 6.92 Å². The van der Waals surface area contributed by atoms with Gasteiger partial charge < -0.3 is 75.8 Å². The number of methoxy groups -OCH3 is 8. The minimum atomic E-state index is -2.24. The Kier molecular flexibility index (Phi) is 28.8. The Morgan fingerprint density at radius 2 is 0.298 bits per heavy atom. The van der Waals surface area contributed by atoms with Crippen LogP contribution in [0.15, 0.2) is 194 Å². The molecule has 0 saturated heterocycles. The van der Waals surface area contributed by atoms with E-state index in [1.54, 1.807) is 137 Å². The van der Waals surface area contributed by atoms with Gasteiger partial charge in [0.2, 0.25) is 0 Å². The molecule has 0 radical (unpaired) electrons. The number of benzene rings is 8. The first kappa shape index (κ1) is 87.5. The molecule has 7 unspecified atom stereocenters. The number of ether oxygens (including phenoxy) is 16. The largest absolute Gasteiger partial charge is 0.497 e. The zero-order valence-electron chi connectivity index (χ0n) is 67.9. The van der Waals surface area contributed by atoms with Gasteiger partial charge in [0.05, 0.1) is 100 Å². The molecule has 8 aromatic rings. The normalized spacial score (nSPS) is 14.9. The third-order valence-corrected chi connectivity index (χ3v) is 20.5. The van der Waals surface area contributed by atoms with E-state index in [1.807, 2.05) is 0 Å². The Hall–Kier alpha value is -12.1. The SMILES string of the molecule is CCC(C)(CC(C)(CC(C)(CC(C)(CC(C)(CC(C)(CC(C)(CC(C)(C)C(=O)Oc1ccc(OC)cc1)C(=O)Oc1ccc(OC)cc1)C(=O)Oc1ccc(OC)cc1)C(=O)Oc1ccc(OC)cc1)C(=O)Oc1ccc(OC)cc1)C(=O)Oc1ccc(OC)cc1)C(=O)Oc1ccc(OC)cc1)C(=O)Oc1ccc(OC)cc1. The van der Waals surface area contributed by atoms with Crippen molar-refractivity contribution in [1.29, 1.82) is 0 Å². The van der Waals surface area contributed by atoms with E-state index in [9.17, 15) is 4.79 Å². The number of rotatable bonds is 39. The number of esters is 8. The second-order valence-corrected chi connectivity index (χ2v) is 30.9. The van der Waals surface area contributed by atoms with Crippen molar-refractivity contribution in [1.82, 2.24) is 0 Å². The van der Waals surface area contributed by atoms with Crippen LogP contribution in [0.3, 0.4) is 0 Å². The lowest BCUT2D eigenvalue weighted by Crippen LogP contribution is -2.52. The van der Waals surface area contributed by atoms with Crippen molar-refractivity contribution in [3.05, 3.63) is 194 Å². The van der Waals surface area contributed by atoms with Gasteiger partial charge >= 0.3 is 47.8 Å². The molecule has 24 heteroatoms. The van der Waals surface area contributed by atoms with Gasteiger partial charge in [0.1, 0.15) is 92.0 Å². The average molecular weight is 1570 g/mol. The van der Waals surface area contributed by atoms with Gasteiger partial charge in [0.25, 0.3) is 0 Å². The summed E-state index contributed by atoms with van der Waals surface area (Å²) in [6.07, 6.45) is -4.02. The summed E-state index contributed by atoms with van der Waals surface area (Å²) in [4.78, 5) is 127. The molecule has 0 aliphatic heterocycles. The number of carbonyl (C=O) groups is 8. The third kappa shape index (κ3) is 22.4. The van der Waals surface area contributed by atoms with Crippen molar-refractivity contribution in [3.8, 4) is 92.0 Å². The van der Waals surface area contributed by atoms with Crippen LogP contribution < -0.4 is 75.8 Å². The van der Waals surface area contributed by atoms with Crippen LogP contribution in [0.1, 0.15) is 121 Å². The lowest BCUT2D eigenvalue weighted by molar-refractivity contribution is -0.165. The quantitative estimate of drug-likeness (QED) is 0.0255. The Bertz CT molecular complexity index is 4600. The lowest BCUT2D eigenvalue weighted by atomic mass is 9.56. The van der Waals surface area contributed by atoms with Crippen molar-refractivity contribution in [2.75, 3.05) is 56.9 Å². The Balaban J connectivity index is 1.38. The summed E-state index contributed by atoms with van der Waals surface area (Å²) in [6, 6.07) is 49.2. The fourth-order valence-corrected chi connectivity index (χ4v) is 14.8. The second kappa shape index (κ2) is 37.5. The van der Waals surface area contributed by atoms with E-state index >= 15 is 33.6 Å². The van der Waals surface area contributed by atoms with Crippen LogP contribution in [0.2, 0.25) is 0 Å². The Labute approximate surface area is 665 Å². The van der Waals surface area contributed by atoms with Crippen LogP contribution in [-0.2, 0) is 38.4 Å². The summed E-state index contributed by atoms with van der Waals surface area (Å²) < 4.78 is 94.0. The number of carbonyl (C=O) groups excluding carboxylic acids is 8. The molecule has 8 aromatic carbocycles. The lowest BCUT2D eigenvalue weighted by Gasteiger charge is -2.46. The van der Waals surface area contributed by atoms with Gasteiger partial charge in [-0.05, 0) is 308 Å². The molecule has 0 spiro atoms. The summed E-state index contributed by atoms with van der Waals surface area (Å²) in [5.41, 5.74) is -15.9. The van der Waals surface area contributed by atoms with E-state index in [-0.39, 0.29) is 58.8 Å². The van der Waals surface area contributed by atoms with Gasteiger partial charge in [-0.25, -0.2) is 0 Å². The highest BCUT2D eigenvalue weighted by Crippen LogP contribution is 2.57. The van der Waals surface area contributed by atoms with Crippen LogP contribution in [0, 0.1) is 43.3 Å². The van der Waals surface area contributed by atoms with E-state index < -0.39 is 130 Å². The van der Waals surface area contributed by atoms with E-state index in [2.05, 4.69) is 0 Å². The molecule has 0 amide bonds. The van der Waals surface area contributed by atoms with E-state index in [1.165, 1.54) is 183 Å². The van der Waals surface area contributed by atoms with Crippen LogP contribution in [0.25, 0.3) is 0 Å². The van der Waals surface area contributed by atoms with Crippen molar-refractivity contribution < 1.29 is 114 Å². The minimum Gasteiger partial charge on any atom is -0.497 e. The first-order chi connectivity index (χ1) is 54.0. The highest BCUT2D eigenvalue weighted by Gasteiger charge is 2.60. The van der Waals surface area contributed by atoms with Crippen LogP contribution in [0.5, 0.6) is 92.0 Å². The van der Waals surface area contributed by atoms with Crippen LogP contribution in [0.4, 0.5) is 0 Å². The molecule has 0 N–H and O–H groups in total. The van der Waals surface area contributed by atoms with Crippen molar-refractivity contribution >= 4 is 47.8 Å². The smallest absolute Gasteiger partial charge is 0.317 e. The van der Waals surface area contributed by atoms with Gasteiger partial charge in [0.15, 0.2) is 0 Å².